The molecule has 0 aliphatic heterocycles. The van der Waals surface area contributed by atoms with Gasteiger partial charge in [-0.2, -0.15) is 0 Å². The lowest BCUT2D eigenvalue weighted by Gasteiger charge is -2.28. The number of thiophene rings is 3. The van der Waals surface area contributed by atoms with Crippen LogP contribution in [-0.2, 0) is 5.41 Å². The minimum absolute atomic E-state index is 0.285. The van der Waals surface area contributed by atoms with Gasteiger partial charge < -0.3 is 14.7 Å². The van der Waals surface area contributed by atoms with Gasteiger partial charge in [-0.05, 0) is 338 Å². The van der Waals surface area contributed by atoms with Crippen LogP contribution in [0.3, 0.4) is 0 Å². The second kappa shape index (κ2) is 37.1. The molecule has 3 aromatic heterocycles. The van der Waals surface area contributed by atoms with Gasteiger partial charge in [-0.25, -0.2) is 0 Å². The first kappa shape index (κ1) is 88.1. The van der Waals surface area contributed by atoms with Gasteiger partial charge >= 0.3 is 0 Å². The third-order valence-electron chi connectivity index (χ3n) is 30.0. The zero-order chi connectivity index (χ0) is 97.6. The molecule has 1 aliphatic rings. The van der Waals surface area contributed by atoms with Gasteiger partial charge in [0.2, 0.25) is 0 Å². The third-order valence-corrected chi connectivity index (χ3v) is 33.4. The summed E-state index contributed by atoms with van der Waals surface area (Å²) in [5.74, 6) is 0. The van der Waals surface area contributed by atoms with E-state index < -0.39 is 0 Å². The molecule has 0 saturated carbocycles. The molecule has 3 heterocycles. The molecule has 3 nitrogen and oxygen atoms in total. The molecule has 26 aromatic rings. The van der Waals surface area contributed by atoms with Crippen molar-refractivity contribution in [2.45, 2.75) is 19.3 Å². The number of hydrogen-bond acceptors (Lipinski definition) is 6. The smallest absolute Gasteiger partial charge is 0.0465 e. The number of anilines is 9. The van der Waals surface area contributed by atoms with E-state index >= 15 is 0 Å². The van der Waals surface area contributed by atoms with Crippen molar-refractivity contribution in [1.82, 2.24) is 0 Å². The molecule has 0 atom stereocenters. The Balaban J connectivity index is 0.449. The van der Waals surface area contributed by atoms with Crippen molar-refractivity contribution in [3.05, 3.63) is 551 Å². The lowest BCUT2D eigenvalue weighted by molar-refractivity contribution is 0.660. The number of benzene rings is 23. The number of fused-ring (bicyclic) bond motifs is 12. The summed E-state index contributed by atoms with van der Waals surface area (Å²) in [6.07, 6.45) is 0. The van der Waals surface area contributed by atoms with Crippen molar-refractivity contribution >= 4 is 146 Å². The van der Waals surface area contributed by atoms with Gasteiger partial charge in [0, 0.05) is 117 Å². The Hall–Kier alpha value is -17.9. The first-order chi connectivity index (χ1) is 72.5. The largest absolute Gasteiger partial charge is 0.311 e. The molecule has 1 aliphatic carbocycles. The molecule has 23 aromatic carbocycles. The van der Waals surface area contributed by atoms with Crippen molar-refractivity contribution in [3.8, 4) is 145 Å². The normalized spacial score (nSPS) is 12.1. The van der Waals surface area contributed by atoms with E-state index in [1.54, 1.807) is 0 Å². The molecular formula is C141H95N3S3. The maximum Gasteiger partial charge on any atom is 0.0465 e. The summed E-state index contributed by atoms with van der Waals surface area (Å²) in [5.41, 5.74) is 43.0. The van der Waals surface area contributed by atoms with E-state index in [2.05, 4.69) is 568 Å². The topological polar surface area (TPSA) is 9.72 Å². The van der Waals surface area contributed by atoms with Crippen molar-refractivity contribution < 1.29 is 0 Å². The van der Waals surface area contributed by atoms with E-state index in [0.717, 1.165) is 112 Å². The maximum absolute atomic E-state index is 2.46. The lowest BCUT2D eigenvalue weighted by Crippen LogP contribution is -2.16. The van der Waals surface area contributed by atoms with Crippen LogP contribution in [-0.4, -0.2) is 0 Å². The summed E-state index contributed by atoms with van der Waals surface area (Å²) in [5, 5.41) is 7.86. The zero-order valence-electron chi connectivity index (χ0n) is 81.0. The summed E-state index contributed by atoms with van der Waals surface area (Å²) in [6, 6.07) is 200. The molecular weight excluding hydrogens is 1830 g/mol. The van der Waals surface area contributed by atoms with Crippen LogP contribution in [0.4, 0.5) is 51.2 Å². The second-order valence-corrected chi connectivity index (χ2v) is 42.3. The van der Waals surface area contributed by atoms with Crippen molar-refractivity contribution in [1.29, 1.82) is 0 Å². The Morgan fingerprint density at radius 3 is 0.599 bits per heavy atom. The van der Waals surface area contributed by atoms with E-state index in [-0.39, 0.29) is 5.41 Å². The molecule has 147 heavy (non-hydrogen) atoms. The minimum Gasteiger partial charge on any atom is -0.311 e. The molecule has 0 radical (unpaired) electrons. The molecule has 0 saturated heterocycles. The Morgan fingerprint density at radius 2 is 0.306 bits per heavy atom. The van der Waals surface area contributed by atoms with Crippen LogP contribution in [0.25, 0.3) is 205 Å². The molecule has 0 amide bonds. The fourth-order valence-electron chi connectivity index (χ4n) is 22.1. The van der Waals surface area contributed by atoms with Crippen LogP contribution in [0, 0.1) is 0 Å². The minimum atomic E-state index is -0.285. The van der Waals surface area contributed by atoms with Crippen molar-refractivity contribution in [2.75, 3.05) is 14.7 Å². The third kappa shape index (κ3) is 16.6. The van der Waals surface area contributed by atoms with E-state index in [0.29, 0.717) is 0 Å². The first-order valence-electron chi connectivity index (χ1n) is 50.4. The Bertz CT molecular complexity index is 9460. The summed E-state index contributed by atoms with van der Waals surface area (Å²) < 4.78 is 7.90. The Labute approximate surface area is 868 Å². The van der Waals surface area contributed by atoms with Crippen molar-refractivity contribution in [3.63, 3.8) is 0 Å². The highest BCUT2D eigenvalue weighted by Crippen LogP contribution is 2.54. The fourth-order valence-corrected chi connectivity index (χ4v) is 25.4. The predicted molar refractivity (Wildman–Crippen MR) is 632 cm³/mol. The van der Waals surface area contributed by atoms with E-state index in [1.165, 1.54) is 155 Å². The molecule has 0 N–H and O–H groups in total. The predicted octanol–water partition coefficient (Wildman–Crippen LogP) is 41.5. The Morgan fingerprint density at radius 1 is 0.129 bits per heavy atom. The first-order valence-corrected chi connectivity index (χ1v) is 52.9. The highest BCUT2D eigenvalue weighted by atomic mass is 32.1. The summed E-state index contributed by atoms with van der Waals surface area (Å²) in [6.45, 7) is 4.81. The average molecular weight is 1930 g/mol. The van der Waals surface area contributed by atoms with E-state index in [1.807, 2.05) is 34.0 Å². The molecule has 0 bridgehead atoms. The molecule has 692 valence electrons. The SMILES string of the molecule is CC1(C)c2cc(-c3ccc4sc5ccccc5c4c3)ccc2-c2ccc(N(c3ccc(-c4ccc(-c5ccc(-c6ccc(N(c7ccc(-c8ccccc8)cc7)c7ccc(-c8ccc9sc%10ccccc%10c9c8)cc7)cc6)cc5)cc4)cc3)c3ccc(-c4cccc(-c5cccc(-c6ccc(-c7ccc(N(c8ccc(-c9ccccc9)cc8)c8ccc(-c9ccc%10sc%11ccccc%11c%10c9)cc8)cc7)cc6)c5)c4)cc3)cc21. The number of hydrogen-bond donors (Lipinski definition) is 0. The fraction of sp³-hybridized carbons (Fsp3) is 0.0213. The van der Waals surface area contributed by atoms with Crippen LogP contribution in [0.1, 0.15) is 25.0 Å². The number of rotatable bonds is 21. The van der Waals surface area contributed by atoms with Crippen molar-refractivity contribution in [2.24, 2.45) is 0 Å². The zero-order valence-corrected chi connectivity index (χ0v) is 83.4. The van der Waals surface area contributed by atoms with Gasteiger partial charge in [-0.1, -0.05) is 372 Å². The van der Waals surface area contributed by atoms with Crippen LogP contribution in [0.2, 0.25) is 0 Å². The highest BCUT2D eigenvalue weighted by molar-refractivity contribution is 7.26. The molecule has 6 heteroatoms. The van der Waals surface area contributed by atoms with Crippen LogP contribution in [0.5, 0.6) is 0 Å². The van der Waals surface area contributed by atoms with Gasteiger partial charge in [-0.15, -0.1) is 34.0 Å². The van der Waals surface area contributed by atoms with Gasteiger partial charge in [0.25, 0.3) is 0 Å². The van der Waals surface area contributed by atoms with Gasteiger partial charge in [0.15, 0.2) is 0 Å². The maximum atomic E-state index is 2.46. The highest BCUT2D eigenvalue weighted by Gasteiger charge is 2.37. The molecule has 0 spiro atoms. The molecule has 0 fully saturated rings. The van der Waals surface area contributed by atoms with Crippen LogP contribution >= 0.6 is 34.0 Å². The summed E-state index contributed by atoms with van der Waals surface area (Å²) >= 11 is 5.58. The second-order valence-electron chi connectivity index (χ2n) is 39.0. The summed E-state index contributed by atoms with van der Waals surface area (Å²) in [7, 11) is 0. The summed E-state index contributed by atoms with van der Waals surface area (Å²) in [4.78, 5) is 7.17. The monoisotopic (exact) mass is 1930 g/mol. The average Bonchev–Trinajstić information content (AvgIpc) is 1.56. The van der Waals surface area contributed by atoms with E-state index in [9.17, 15) is 0 Å². The van der Waals surface area contributed by atoms with Gasteiger partial charge in [-0.3, -0.25) is 0 Å². The van der Waals surface area contributed by atoms with Crippen LogP contribution < -0.4 is 14.7 Å². The standard InChI is InChI=1S/C141H95N3S3/c1-141(2)133-90-115(114-62-84-140-132(89-114)129-27-11-14-30-137(129)147-140)59-80-125(133)126-81-79-124(91-134(126)141)144(122-71-51-103(52-72-122)97-37-33-95(34-38-97)94-31-35-96(36-32-94)101-47-67-118(68-48-101)142(116-63-43-99(44-64-116)92-17-5-3-6-18-92)120-73-55-106(56-74-120)112-60-82-138-130(87-112)127-25-9-12-28-135(127)145-138)123-77-53-105(54-78-123)109-22-16-24-111(86-109)110-23-15-21-108(85-110)104-41-39-98(40-42-104)102-49-69-119(70-50-102)143(117-65-45-100(46-66-117)93-19-7-4-8-20-93)121-75-57-107(58-76-121)113-61-83-139-131(88-113)128-26-10-13-29-136(128)146-139/h3-91H,1-2H3. The van der Waals surface area contributed by atoms with Crippen LogP contribution in [0.15, 0.2) is 540 Å². The van der Waals surface area contributed by atoms with E-state index in [4.69, 9.17) is 0 Å². The molecule has 27 rings (SSSR count). The van der Waals surface area contributed by atoms with Gasteiger partial charge in [0.1, 0.15) is 0 Å². The van der Waals surface area contributed by atoms with Gasteiger partial charge in [0.05, 0.1) is 0 Å². The Kier molecular flexibility index (Phi) is 22.3. The number of nitrogens with zero attached hydrogens (tertiary/aromatic N) is 3. The lowest BCUT2D eigenvalue weighted by atomic mass is 9.81. The quantitative estimate of drug-likeness (QED) is 0.0710. The molecule has 0 unspecified atom stereocenters.